The van der Waals surface area contributed by atoms with Crippen molar-refractivity contribution in [2.45, 2.75) is 25.7 Å². The molecule has 2 unspecified atom stereocenters. The molecule has 0 heterocycles. The van der Waals surface area contributed by atoms with Crippen LogP contribution in [-0.4, -0.2) is 0 Å². The Morgan fingerprint density at radius 3 is 2.14 bits per heavy atom. The monoisotopic (exact) mass is 184 g/mol. The van der Waals surface area contributed by atoms with E-state index in [1.165, 1.54) is 25.7 Å². The molecule has 0 bridgehead atoms. The van der Waals surface area contributed by atoms with E-state index >= 15 is 0 Å². The SMILES string of the molecule is C1=C[C@H]2C=CC34C=C[C@@H]1C23CCCC4. The largest absolute Gasteiger partial charge is 0.0804 e. The second kappa shape index (κ2) is 2.08. The molecule has 0 aromatic rings. The van der Waals surface area contributed by atoms with Gasteiger partial charge in [-0.05, 0) is 12.8 Å². The molecule has 4 atom stereocenters. The molecule has 4 rings (SSSR count). The number of rotatable bonds is 0. The minimum Gasteiger partial charge on any atom is -0.0804 e. The zero-order valence-corrected chi connectivity index (χ0v) is 8.45. The van der Waals surface area contributed by atoms with Crippen LogP contribution in [0.3, 0.4) is 0 Å². The number of hydrogen-bond donors (Lipinski definition) is 0. The van der Waals surface area contributed by atoms with Crippen LogP contribution in [0.5, 0.6) is 0 Å². The standard InChI is InChI=1S/C14H16/c1-2-8-14-11-3-4-12(14)6-10-13(14,7-1)9-5-11/h3-6,9-12H,1-2,7-8H2/t11-,12+,13?,14?. The third kappa shape index (κ3) is 0.549. The molecular formula is C14H16. The van der Waals surface area contributed by atoms with Crippen LogP contribution >= 0.6 is 0 Å². The molecule has 14 heavy (non-hydrogen) atoms. The Bertz CT molecular complexity index is 345. The first-order valence-electron chi connectivity index (χ1n) is 5.95. The van der Waals surface area contributed by atoms with E-state index in [1.807, 2.05) is 0 Å². The van der Waals surface area contributed by atoms with Gasteiger partial charge in [0.1, 0.15) is 0 Å². The van der Waals surface area contributed by atoms with Gasteiger partial charge in [0.2, 0.25) is 0 Å². The van der Waals surface area contributed by atoms with Crippen LogP contribution in [0.1, 0.15) is 25.7 Å². The summed E-state index contributed by atoms with van der Waals surface area (Å²) in [5.41, 5.74) is 1.04. The van der Waals surface area contributed by atoms with Gasteiger partial charge in [-0.2, -0.15) is 0 Å². The van der Waals surface area contributed by atoms with Crippen LogP contribution in [0.25, 0.3) is 0 Å². The lowest BCUT2D eigenvalue weighted by Gasteiger charge is -2.47. The van der Waals surface area contributed by atoms with E-state index in [9.17, 15) is 0 Å². The van der Waals surface area contributed by atoms with E-state index < -0.39 is 0 Å². The highest BCUT2D eigenvalue weighted by Crippen LogP contribution is 2.70. The van der Waals surface area contributed by atoms with E-state index in [0.717, 1.165) is 11.8 Å². The second-order valence-electron chi connectivity index (χ2n) is 5.44. The van der Waals surface area contributed by atoms with Gasteiger partial charge in [0.15, 0.2) is 0 Å². The lowest BCUT2D eigenvalue weighted by atomic mass is 9.55. The van der Waals surface area contributed by atoms with Crippen molar-refractivity contribution >= 4 is 0 Å². The van der Waals surface area contributed by atoms with Gasteiger partial charge in [-0.15, -0.1) is 0 Å². The Hall–Kier alpha value is -0.780. The maximum atomic E-state index is 2.52. The Morgan fingerprint density at radius 2 is 1.43 bits per heavy atom. The summed E-state index contributed by atoms with van der Waals surface area (Å²) in [6, 6.07) is 0. The third-order valence-electron chi connectivity index (χ3n) is 5.21. The van der Waals surface area contributed by atoms with Gasteiger partial charge >= 0.3 is 0 Å². The van der Waals surface area contributed by atoms with Crippen LogP contribution in [0.15, 0.2) is 36.5 Å². The predicted octanol–water partition coefficient (Wildman–Crippen LogP) is 3.48. The van der Waals surface area contributed by atoms with Crippen LogP contribution in [0.2, 0.25) is 0 Å². The molecule has 4 aliphatic carbocycles. The van der Waals surface area contributed by atoms with Gasteiger partial charge in [-0.3, -0.25) is 0 Å². The Labute approximate surface area is 85.4 Å². The van der Waals surface area contributed by atoms with Gasteiger partial charge in [-0.25, -0.2) is 0 Å². The van der Waals surface area contributed by atoms with Crippen LogP contribution in [0.4, 0.5) is 0 Å². The number of allylic oxidation sites excluding steroid dienone is 6. The zero-order chi connectivity index (χ0) is 9.23. The van der Waals surface area contributed by atoms with Crippen molar-refractivity contribution in [1.29, 1.82) is 0 Å². The molecule has 1 spiro atoms. The highest BCUT2D eigenvalue weighted by Gasteiger charge is 2.62. The van der Waals surface area contributed by atoms with E-state index in [4.69, 9.17) is 0 Å². The van der Waals surface area contributed by atoms with Crippen molar-refractivity contribution < 1.29 is 0 Å². The maximum Gasteiger partial charge on any atom is 0.0135 e. The van der Waals surface area contributed by atoms with Crippen LogP contribution in [0, 0.1) is 22.7 Å². The summed E-state index contributed by atoms with van der Waals surface area (Å²) in [5, 5.41) is 0. The van der Waals surface area contributed by atoms with E-state index in [1.54, 1.807) is 0 Å². The summed E-state index contributed by atoms with van der Waals surface area (Å²) in [7, 11) is 0. The zero-order valence-electron chi connectivity index (χ0n) is 8.45. The quantitative estimate of drug-likeness (QED) is 0.506. The molecule has 0 amide bonds. The fourth-order valence-corrected chi connectivity index (χ4v) is 4.61. The molecule has 0 radical (unpaired) electrons. The fraction of sp³-hybridized carbons (Fsp3) is 0.571. The predicted molar refractivity (Wildman–Crippen MR) is 57.7 cm³/mol. The molecule has 0 aromatic heterocycles. The number of hydrogen-bond acceptors (Lipinski definition) is 0. The Balaban J connectivity index is 1.97. The average molecular weight is 184 g/mol. The molecule has 0 heteroatoms. The lowest BCUT2D eigenvalue weighted by Crippen LogP contribution is -2.42. The molecule has 72 valence electrons. The van der Waals surface area contributed by atoms with Crippen molar-refractivity contribution in [3.05, 3.63) is 36.5 Å². The normalized spacial score (nSPS) is 56.6. The van der Waals surface area contributed by atoms with Gasteiger partial charge < -0.3 is 0 Å². The average Bonchev–Trinajstić information content (AvgIpc) is 2.81. The van der Waals surface area contributed by atoms with E-state index in [0.29, 0.717) is 10.8 Å². The molecular weight excluding hydrogens is 168 g/mol. The van der Waals surface area contributed by atoms with Crippen molar-refractivity contribution in [2.75, 3.05) is 0 Å². The summed E-state index contributed by atoms with van der Waals surface area (Å²) in [6.07, 6.45) is 20.6. The molecule has 4 aliphatic rings. The highest BCUT2D eigenvalue weighted by atomic mass is 14.7. The molecule has 1 saturated carbocycles. The Morgan fingerprint density at radius 1 is 0.786 bits per heavy atom. The molecule has 1 fully saturated rings. The lowest BCUT2D eigenvalue weighted by molar-refractivity contribution is 0.0558. The minimum absolute atomic E-state index is 0.462. The first kappa shape index (κ1) is 7.50. The second-order valence-corrected chi connectivity index (χ2v) is 5.44. The van der Waals surface area contributed by atoms with Crippen molar-refractivity contribution in [2.24, 2.45) is 22.7 Å². The van der Waals surface area contributed by atoms with Crippen LogP contribution in [-0.2, 0) is 0 Å². The molecule has 0 aliphatic heterocycles. The van der Waals surface area contributed by atoms with Crippen molar-refractivity contribution in [1.82, 2.24) is 0 Å². The fourth-order valence-electron chi connectivity index (χ4n) is 4.61. The van der Waals surface area contributed by atoms with E-state index in [-0.39, 0.29) is 0 Å². The van der Waals surface area contributed by atoms with E-state index in [2.05, 4.69) is 36.5 Å². The Kier molecular flexibility index (Phi) is 1.11. The molecule has 0 nitrogen and oxygen atoms in total. The van der Waals surface area contributed by atoms with Gasteiger partial charge in [0.05, 0.1) is 0 Å². The third-order valence-corrected chi connectivity index (χ3v) is 5.21. The highest BCUT2D eigenvalue weighted by molar-refractivity contribution is 5.43. The summed E-state index contributed by atoms with van der Waals surface area (Å²) in [5.74, 6) is 1.51. The molecule has 0 aromatic carbocycles. The summed E-state index contributed by atoms with van der Waals surface area (Å²) in [6.45, 7) is 0. The van der Waals surface area contributed by atoms with Gasteiger partial charge in [0, 0.05) is 22.7 Å². The topological polar surface area (TPSA) is 0 Å². The first-order chi connectivity index (χ1) is 6.87. The minimum atomic E-state index is 0.462. The summed E-state index contributed by atoms with van der Waals surface area (Å²) >= 11 is 0. The van der Waals surface area contributed by atoms with Crippen molar-refractivity contribution in [3.63, 3.8) is 0 Å². The van der Waals surface area contributed by atoms with Gasteiger partial charge in [-0.1, -0.05) is 49.3 Å². The summed E-state index contributed by atoms with van der Waals surface area (Å²) in [4.78, 5) is 0. The first-order valence-corrected chi connectivity index (χ1v) is 5.95. The van der Waals surface area contributed by atoms with Gasteiger partial charge in [0.25, 0.3) is 0 Å². The maximum absolute atomic E-state index is 2.52. The molecule has 0 N–H and O–H groups in total. The van der Waals surface area contributed by atoms with Crippen molar-refractivity contribution in [3.8, 4) is 0 Å². The summed E-state index contributed by atoms with van der Waals surface area (Å²) < 4.78 is 0. The molecule has 0 saturated heterocycles. The smallest absolute Gasteiger partial charge is 0.0135 e. The van der Waals surface area contributed by atoms with Crippen LogP contribution < -0.4 is 0 Å².